The summed E-state index contributed by atoms with van der Waals surface area (Å²) in [4.78, 5) is 37.8. The molecule has 0 bridgehead atoms. The molecule has 1 aliphatic rings. The lowest BCUT2D eigenvalue weighted by Crippen LogP contribution is -2.48. The van der Waals surface area contributed by atoms with Crippen LogP contribution in [-0.2, 0) is 25.7 Å². The van der Waals surface area contributed by atoms with Crippen molar-refractivity contribution in [3.63, 3.8) is 0 Å². The van der Waals surface area contributed by atoms with Crippen LogP contribution in [0.2, 0.25) is 0 Å². The van der Waals surface area contributed by atoms with Crippen LogP contribution in [0.5, 0.6) is 0 Å². The minimum atomic E-state index is -0.895. The van der Waals surface area contributed by atoms with Crippen molar-refractivity contribution < 1.29 is 23.5 Å². The van der Waals surface area contributed by atoms with E-state index in [1.165, 1.54) is 24.3 Å². The Balaban J connectivity index is 1.43. The Hall–Kier alpha value is -3.26. The van der Waals surface area contributed by atoms with Gasteiger partial charge < -0.3 is 20.3 Å². The molecule has 0 spiro atoms. The number of nitrogens with zero attached hydrogens (tertiary/aromatic N) is 1. The molecule has 1 atom stereocenters. The van der Waals surface area contributed by atoms with Crippen LogP contribution in [0.1, 0.15) is 17.2 Å². The third-order valence-corrected chi connectivity index (χ3v) is 4.56. The van der Waals surface area contributed by atoms with E-state index in [1.54, 1.807) is 4.90 Å². The fraction of sp³-hybridized carbons (Fsp3) is 0.286. The summed E-state index contributed by atoms with van der Waals surface area (Å²) < 4.78 is 18.6. The highest BCUT2D eigenvalue weighted by Crippen LogP contribution is 2.21. The first-order valence-corrected chi connectivity index (χ1v) is 9.27. The number of nitrogens with one attached hydrogen (secondary N) is 2. The van der Waals surface area contributed by atoms with Gasteiger partial charge in [0.05, 0.1) is 19.7 Å². The van der Waals surface area contributed by atoms with Crippen LogP contribution in [0.25, 0.3) is 0 Å². The van der Waals surface area contributed by atoms with Crippen molar-refractivity contribution in [2.45, 2.75) is 12.6 Å². The molecular weight excluding hydrogens is 377 g/mol. The zero-order valence-corrected chi connectivity index (χ0v) is 15.8. The first-order valence-electron chi connectivity index (χ1n) is 9.27. The molecule has 1 aliphatic heterocycles. The third kappa shape index (κ3) is 5.86. The molecule has 7 nitrogen and oxygen atoms in total. The Morgan fingerprint density at radius 2 is 1.69 bits per heavy atom. The predicted molar refractivity (Wildman–Crippen MR) is 103 cm³/mol. The van der Waals surface area contributed by atoms with E-state index in [-0.39, 0.29) is 30.9 Å². The maximum atomic E-state index is 12.9. The number of rotatable bonds is 5. The molecule has 1 saturated heterocycles. The number of morpholine rings is 1. The minimum Gasteiger partial charge on any atom is -0.370 e. The van der Waals surface area contributed by atoms with Crippen LogP contribution < -0.4 is 10.6 Å². The lowest BCUT2D eigenvalue weighted by molar-refractivity contribution is -0.142. The molecule has 1 fully saturated rings. The SMILES string of the molecule is O=C(NCC(=O)N1CCO[C@@H](c2ccccc2)C1)C(=O)NCc1ccc(F)cc1. The van der Waals surface area contributed by atoms with Crippen LogP contribution in [0.4, 0.5) is 4.39 Å². The molecule has 152 valence electrons. The second-order valence-electron chi connectivity index (χ2n) is 6.60. The summed E-state index contributed by atoms with van der Waals surface area (Å²) in [7, 11) is 0. The number of benzene rings is 2. The summed E-state index contributed by atoms with van der Waals surface area (Å²) in [5, 5.41) is 4.77. The summed E-state index contributed by atoms with van der Waals surface area (Å²) in [5.74, 6) is -2.41. The minimum absolute atomic E-state index is 0.0860. The molecule has 0 radical (unpaired) electrons. The smallest absolute Gasteiger partial charge is 0.309 e. The van der Waals surface area contributed by atoms with Crippen molar-refractivity contribution in [1.82, 2.24) is 15.5 Å². The third-order valence-electron chi connectivity index (χ3n) is 4.56. The number of hydrogen-bond acceptors (Lipinski definition) is 4. The Morgan fingerprint density at radius 1 is 1.00 bits per heavy atom. The van der Waals surface area contributed by atoms with Crippen molar-refractivity contribution in [3.05, 3.63) is 71.5 Å². The van der Waals surface area contributed by atoms with Crippen LogP contribution in [0.3, 0.4) is 0 Å². The van der Waals surface area contributed by atoms with Gasteiger partial charge in [-0.25, -0.2) is 4.39 Å². The molecular formula is C21H22FN3O4. The molecule has 29 heavy (non-hydrogen) atoms. The van der Waals surface area contributed by atoms with Crippen LogP contribution in [0.15, 0.2) is 54.6 Å². The van der Waals surface area contributed by atoms with E-state index >= 15 is 0 Å². The quantitative estimate of drug-likeness (QED) is 0.739. The molecule has 0 unspecified atom stereocenters. The van der Waals surface area contributed by atoms with E-state index in [4.69, 9.17) is 4.74 Å². The molecule has 3 rings (SSSR count). The van der Waals surface area contributed by atoms with Crippen LogP contribution in [0, 0.1) is 5.82 Å². The van der Waals surface area contributed by atoms with Crippen molar-refractivity contribution in [2.24, 2.45) is 0 Å². The molecule has 3 amide bonds. The van der Waals surface area contributed by atoms with Gasteiger partial charge >= 0.3 is 11.8 Å². The van der Waals surface area contributed by atoms with Gasteiger partial charge in [0, 0.05) is 13.1 Å². The number of halogens is 1. The van der Waals surface area contributed by atoms with Gasteiger partial charge in [0.1, 0.15) is 11.9 Å². The molecule has 0 aliphatic carbocycles. The second-order valence-corrected chi connectivity index (χ2v) is 6.60. The van der Waals surface area contributed by atoms with Gasteiger partial charge in [0.15, 0.2) is 0 Å². The summed E-state index contributed by atoms with van der Waals surface area (Å²) >= 11 is 0. The predicted octanol–water partition coefficient (Wildman–Crippen LogP) is 1.16. The molecule has 2 aromatic carbocycles. The lowest BCUT2D eigenvalue weighted by Gasteiger charge is -2.33. The fourth-order valence-electron chi connectivity index (χ4n) is 2.96. The van der Waals surface area contributed by atoms with Crippen LogP contribution >= 0.6 is 0 Å². The first kappa shape index (κ1) is 20.5. The standard InChI is InChI=1S/C21H22FN3O4/c22-17-8-6-15(7-9-17)12-23-20(27)21(28)24-13-19(26)25-10-11-29-18(14-25)16-4-2-1-3-5-16/h1-9,18H,10-14H2,(H,23,27)(H,24,28)/t18-/m1/s1. The van der Waals surface area contributed by atoms with Crippen LogP contribution in [-0.4, -0.2) is 48.9 Å². The highest BCUT2D eigenvalue weighted by molar-refractivity contribution is 6.35. The summed E-state index contributed by atoms with van der Waals surface area (Å²) in [5.41, 5.74) is 1.64. The van der Waals surface area contributed by atoms with Gasteiger partial charge in [-0.05, 0) is 23.3 Å². The summed E-state index contributed by atoms with van der Waals surface area (Å²) in [6.07, 6.45) is -0.219. The Morgan fingerprint density at radius 3 is 2.41 bits per heavy atom. The van der Waals surface area contributed by atoms with Gasteiger partial charge in [-0.3, -0.25) is 14.4 Å². The summed E-state index contributed by atoms with van der Waals surface area (Å²) in [6, 6.07) is 15.2. The zero-order chi connectivity index (χ0) is 20.6. The van der Waals surface area contributed by atoms with Gasteiger partial charge in [-0.1, -0.05) is 42.5 Å². The van der Waals surface area contributed by atoms with Crippen molar-refractivity contribution in [2.75, 3.05) is 26.2 Å². The highest BCUT2D eigenvalue weighted by Gasteiger charge is 2.26. The molecule has 8 heteroatoms. The Kier molecular flexibility index (Phi) is 6.91. The second kappa shape index (κ2) is 9.79. The maximum Gasteiger partial charge on any atom is 0.309 e. The van der Waals surface area contributed by atoms with Gasteiger partial charge in [0.2, 0.25) is 5.91 Å². The van der Waals surface area contributed by atoms with Gasteiger partial charge in [0.25, 0.3) is 0 Å². The molecule has 0 aromatic heterocycles. The van der Waals surface area contributed by atoms with E-state index in [9.17, 15) is 18.8 Å². The lowest BCUT2D eigenvalue weighted by atomic mass is 10.1. The number of hydrogen-bond donors (Lipinski definition) is 2. The molecule has 1 heterocycles. The van der Waals surface area contributed by atoms with E-state index in [2.05, 4.69) is 10.6 Å². The number of carbonyl (C=O) groups is 3. The average molecular weight is 399 g/mol. The van der Waals surface area contributed by atoms with Crippen molar-refractivity contribution in [1.29, 1.82) is 0 Å². The molecule has 2 N–H and O–H groups in total. The number of ether oxygens (including phenoxy) is 1. The molecule has 0 saturated carbocycles. The highest BCUT2D eigenvalue weighted by atomic mass is 19.1. The zero-order valence-electron chi connectivity index (χ0n) is 15.8. The largest absolute Gasteiger partial charge is 0.370 e. The normalized spacial score (nSPS) is 16.2. The Labute approximate surface area is 167 Å². The van der Waals surface area contributed by atoms with Gasteiger partial charge in [-0.2, -0.15) is 0 Å². The fourth-order valence-corrected chi connectivity index (χ4v) is 2.96. The van der Waals surface area contributed by atoms with E-state index in [0.29, 0.717) is 25.3 Å². The Bertz CT molecular complexity index is 858. The number of amides is 3. The van der Waals surface area contributed by atoms with Crippen molar-refractivity contribution >= 4 is 17.7 Å². The van der Waals surface area contributed by atoms with E-state index < -0.39 is 11.8 Å². The summed E-state index contributed by atoms with van der Waals surface area (Å²) in [6.45, 7) is 1.02. The van der Waals surface area contributed by atoms with E-state index in [0.717, 1.165) is 5.56 Å². The monoisotopic (exact) mass is 399 g/mol. The molecule has 2 aromatic rings. The topological polar surface area (TPSA) is 87.7 Å². The number of carbonyl (C=O) groups excluding carboxylic acids is 3. The van der Waals surface area contributed by atoms with Crippen molar-refractivity contribution in [3.8, 4) is 0 Å². The average Bonchev–Trinajstić information content (AvgIpc) is 2.77. The first-order chi connectivity index (χ1) is 14.0. The van der Waals surface area contributed by atoms with Gasteiger partial charge in [-0.15, -0.1) is 0 Å². The van der Waals surface area contributed by atoms with E-state index in [1.807, 2.05) is 30.3 Å². The maximum absolute atomic E-state index is 12.9.